The molecule has 0 bridgehead atoms. The molecule has 0 unspecified atom stereocenters. The standard InChI is InChI=1S/C21H28O4/c1-4-21(2,3)20(23)25-18-13-11-17(12-14-18)24-19(22)15-10-16-8-6-5-7-9-16/h5-10,15,17-18H,4,11-14H2,1-3H3/b15-10+. The first-order chi connectivity index (χ1) is 11.9. The third-order valence-corrected chi connectivity index (χ3v) is 4.83. The molecule has 0 heterocycles. The number of hydrogen-bond donors (Lipinski definition) is 0. The van der Waals surface area contributed by atoms with E-state index >= 15 is 0 Å². The molecule has 0 radical (unpaired) electrons. The lowest BCUT2D eigenvalue weighted by atomic mass is 9.90. The molecule has 1 fully saturated rings. The second-order valence-electron chi connectivity index (χ2n) is 7.22. The molecule has 0 aromatic heterocycles. The minimum Gasteiger partial charge on any atom is -0.462 e. The molecule has 2 rings (SSSR count). The van der Waals surface area contributed by atoms with Gasteiger partial charge in [0, 0.05) is 6.08 Å². The van der Waals surface area contributed by atoms with Crippen molar-refractivity contribution < 1.29 is 19.1 Å². The van der Waals surface area contributed by atoms with Gasteiger partial charge in [0.05, 0.1) is 5.41 Å². The lowest BCUT2D eigenvalue weighted by Gasteiger charge is -2.30. The Labute approximate surface area is 150 Å². The predicted molar refractivity (Wildman–Crippen MR) is 97.8 cm³/mol. The van der Waals surface area contributed by atoms with Gasteiger partial charge in [-0.3, -0.25) is 4.79 Å². The molecule has 4 nitrogen and oxygen atoms in total. The first-order valence-corrected chi connectivity index (χ1v) is 9.05. The van der Waals surface area contributed by atoms with Crippen molar-refractivity contribution in [2.24, 2.45) is 5.41 Å². The van der Waals surface area contributed by atoms with Crippen LogP contribution >= 0.6 is 0 Å². The predicted octanol–water partition coefficient (Wildman–Crippen LogP) is 4.53. The Hall–Kier alpha value is -2.10. The SMILES string of the molecule is CCC(C)(C)C(=O)OC1CCC(OC(=O)/C=C/c2ccccc2)CC1. The van der Waals surface area contributed by atoms with Gasteiger partial charge in [-0.05, 0) is 57.6 Å². The van der Waals surface area contributed by atoms with Crippen LogP contribution in [0.2, 0.25) is 0 Å². The van der Waals surface area contributed by atoms with Crippen LogP contribution in [0.3, 0.4) is 0 Å². The van der Waals surface area contributed by atoms with Crippen LogP contribution in [0.25, 0.3) is 6.08 Å². The lowest BCUT2D eigenvalue weighted by Crippen LogP contribution is -2.34. The van der Waals surface area contributed by atoms with Crippen LogP contribution in [0.5, 0.6) is 0 Å². The fourth-order valence-corrected chi connectivity index (χ4v) is 2.66. The maximum atomic E-state index is 12.1. The third kappa shape index (κ3) is 6.04. The number of carbonyl (C=O) groups excluding carboxylic acids is 2. The number of ether oxygens (including phenoxy) is 2. The van der Waals surface area contributed by atoms with Gasteiger partial charge >= 0.3 is 11.9 Å². The maximum absolute atomic E-state index is 12.1. The van der Waals surface area contributed by atoms with Crippen molar-refractivity contribution in [3.05, 3.63) is 42.0 Å². The van der Waals surface area contributed by atoms with Crippen LogP contribution in [-0.2, 0) is 19.1 Å². The summed E-state index contributed by atoms with van der Waals surface area (Å²) in [6, 6.07) is 9.64. The third-order valence-electron chi connectivity index (χ3n) is 4.83. The molecular formula is C21H28O4. The molecule has 1 aliphatic rings. The number of benzene rings is 1. The Balaban J connectivity index is 1.74. The van der Waals surface area contributed by atoms with Gasteiger partial charge in [0.2, 0.25) is 0 Å². The Kier molecular flexibility index (Phi) is 6.80. The van der Waals surface area contributed by atoms with Gasteiger partial charge in [-0.25, -0.2) is 4.79 Å². The second kappa shape index (κ2) is 8.84. The topological polar surface area (TPSA) is 52.6 Å². The minimum absolute atomic E-state index is 0.0619. The first kappa shape index (κ1) is 19.2. The molecule has 136 valence electrons. The molecule has 0 atom stereocenters. The lowest BCUT2D eigenvalue weighted by molar-refractivity contribution is -0.164. The van der Waals surface area contributed by atoms with Crippen LogP contribution < -0.4 is 0 Å². The van der Waals surface area contributed by atoms with E-state index in [4.69, 9.17) is 9.47 Å². The summed E-state index contributed by atoms with van der Waals surface area (Å²) in [5, 5.41) is 0. The molecule has 0 saturated heterocycles. The van der Waals surface area contributed by atoms with Gasteiger partial charge < -0.3 is 9.47 Å². The summed E-state index contributed by atoms with van der Waals surface area (Å²) < 4.78 is 11.1. The van der Waals surface area contributed by atoms with Crippen molar-refractivity contribution in [2.45, 2.75) is 65.1 Å². The summed E-state index contributed by atoms with van der Waals surface area (Å²) in [4.78, 5) is 24.0. The van der Waals surface area contributed by atoms with Gasteiger partial charge in [-0.1, -0.05) is 37.3 Å². The molecule has 0 N–H and O–H groups in total. The van der Waals surface area contributed by atoms with E-state index in [1.165, 1.54) is 6.08 Å². The Morgan fingerprint density at radius 2 is 1.60 bits per heavy atom. The van der Waals surface area contributed by atoms with E-state index in [9.17, 15) is 9.59 Å². The number of esters is 2. The quantitative estimate of drug-likeness (QED) is 0.562. The van der Waals surface area contributed by atoms with Crippen molar-refractivity contribution in [1.82, 2.24) is 0 Å². The van der Waals surface area contributed by atoms with Gasteiger partial charge in [-0.15, -0.1) is 0 Å². The number of carbonyl (C=O) groups is 2. The van der Waals surface area contributed by atoms with Gasteiger partial charge in [-0.2, -0.15) is 0 Å². The Morgan fingerprint density at radius 3 is 2.16 bits per heavy atom. The van der Waals surface area contributed by atoms with Crippen molar-refractivity contribution in [3.8, 4) is 0 Å². The van der Waals surface area contributed by atoms with E-state index in [0.29, 0.717) is 0 Å². The minimum atomic E-state index is -0.439. The maximum Gasteiger partial charge on any atom is 0.331 e. The fourth-order valence-electron chi connectivity index (χ4n) is 2.66. The summed E-state index contributed by atoms with van der Waals surface area (Å²) in [5.74, 6) is -0.461. The monoisotopic (exact) mass is 344 g/mol. The molecule has 1 aromatic rings. The van der Waals surface area contributed by atoms with E-state index in [2.05, 4.69) is 0 Å². The molecule has 0 amide bonds. The normalized spacial score (nSPS) is 21.1. The second-order valence-corrected chi connectivity index (χ2v) is 7.22. The zero-order valence-electron chi connectivity index (χ0n) is 15.4. The first-order valence-electron chi connectivity index (χ1n) is 9.05. The van der Waals surface area contributed by atoms with Gasteiger partial charge in [0.1, 0.15) is 12.2 Å². The molecule has 1 saturated carbocycles. The zero-order valence-corrected chi connectivity index (χ0v) is 15.4. The highest BCUT2D eigenvalue weighted by atomic mass is 16.6. The Morgan fingerprint density at radius 1 is 1.04 bits per heavy atom. The average Bonchev–Trinajstić information content (AvgIpc) is 2.62. The van der Waals surface area contributed by atoms with E-state index in [1.807, 2.05) is 51.1 Å². The summed E-state index contributed by atoms with van der Waals surface area (Å²) in [6.45, 7) is 5.80. The van der Waals surface area contributed by atoms with E-state index < -0.39 is 5.41 Å². The number of hydrogen-bond acceptors (Lipinski definition) is 4. The highest BCUT2D eigenvalue weighted by molar-refractivity contribution is 5.87. The van der Waals surface area contributed by atoms with Gasteiger partial charge in [0.25, 0.3) is 0 Å². The molecule has 4 heteroatoms. The van der Waals surface area contributed by atoms with Crippen molar-refractivity contribution >= 4 is 18.0 Å². The van der Waals surface area contributed by atoms with Crippen LogP contribution in [-0.4, -0.2) is 24.1 Å². The van der Waals surface area contributed by atoms with E-state index in [1.54, 1.807) is 6.08 Å². The van der Waals surface area contributed by atoms with Crippen molar-refractivity contribution in [2.75, 3.05) is 0 Å². The summed E-state index contributed by atoms with van der Waals surface area (Å²) in [5.41, 5.74) is 0.527. The van der Waals surface area contributed by atoms with Crippen LogP contribution in [0.1, 0.15) is 58.4 Å². The van der Waals surface area contributed by atoms with Crippen LogP contribution in [0.4, 0.5) is 0 Å². The number of rotatable bonds is 6. The highest BCUT2D eigenvalue weighted by Crippen LogP contribution is 2.28. The average molecular weight is 344 g/mol. The summed E-state index contributed by atoms with van der Waals surface area (Å²) >= 11 is 0. The van der Waals surface area contributed by atoms with Crippen molar-refractivity contribution in [3.63, 3.8) is 0 Å². The van der Waals surface area contributed by atoms with Crippen molar-refractivity contribution in [1.29, 1.82) is 0 Å². The molecule has 1 aromatic carbocycles. The Bertz CT molecular complexity index is 596. The fraction of sp³-hybridized carbons (Fsp3) is 0.524. The summed E-state index contributed by atoms with van der Waals surface area (Å²) in [6.07, 6.45) is 6.76. The molecular weight excluding hydrogens is 316 g/mol. The van der Waals surface area contributed by atoms with E-state index in [0.717, 1.165) is 37.7 Å². The molecule has 25 heavy (non-hydrogen) atoms. The zero-order chi connectivity index (χ0) is 18.3. The highest BCUT2D eigenvalue weighted by Gasteiger charge is 2.32. The van der Waals surface area contributed by atoms with Crippen LogP contribution in [0.15, 0.2) is 36.4 Å². The molecule has 0 spiro atoms. The van der Waals surface area contributed by atoms with E-state index in [-0.39, 0.29) is 24.1 Å². The molecule has 1 aliphatic carbocycles. The van der Waals surface area contributed by atoms with Crippen LogP contribution in [0, 0.1) is 5.41 Å². The van der Waals surface area contributed by atoms with Gasteiger partial charge in [0.15, 0.2) is 0 Å². The smallest absolute Gasteiger partial charge is 0.331 e. The summed E-state index contributed by atoms with van der Waals surface area (Å²) in [7, 11) is 0. The molecule has 0 aliphatic heterocycles. The largest absolute Gasteiger partial charge is 0.462 e.